The van der Waals surface area contributed by atoms with Gasteiger partial charge in [-0.05, 0) is 118 Å². The van der Waals surface area contributed by atoms with Crippen LogP contribution in [0.3, 0.4) is 0 Å². The molecular formula is C28H28FeS2+2. The van der Waals surface area contributed by atoms with E-state index >= 15 is 0 Å². The molecule has 2 aliphatic carbocycles. The average molecular weight is 485 g/mol. The number of allylic oxidation sites excluding steroid dienone is 1. The molecule has 0 N–H and O–H groups in total. The summed E-state index contributed by atoms with van der Waals surface area (Å²) in [5.74, 6) is 1.32. The summed E-state index contributed by atoms with van der Waals surface area (Å²) in [5, 5.41) is 0. The van der Waals surface area contributed by atoms with Crippen molar-refractivity contribution < 1.29 is 17.1 Å². The van der Waals surface area contributed by atoms with Gasteiger partial charge in [-0.25, -0.2) is 0 Å². The molecule has 0 aromatic heterocycles. The van der Waals surface area contributed by atoms with Crippen LogP contribution >= 0.6 is 23.5 Å². The molecular weight excluding hydrogens is 456 g/mol. The summed E-state index contributed by atoms with van der Waals surface area (Å²) in [4.78, 5) is 2.60. The molecule has 0 unspecified atom stereocenters. The number of rotatable bonds is 6. The van der Waals surface area contributed by atoms with Crippen LogP contribution in [0.2, 0.25) is 0 Å². The maximum Gasteiger partial charge on any atom is 2.00 e. The van der Waals surface area contributed by atoms with Crippen LogP contribution < -0.4 is 0 Å². The van der Waals surface area contributed by atoms with Crippen molar-refractivity contribution in [1.82, 2.24) is 0 Å². The molecule has 4 rings (SSSR count). The topological polar surface area (TPSA) is 0 Å². The monoisotopic (exact) mass is 484 g/mol. The SMILES string of the molecule is CCC([C]1[CH][CH][CH][CH]1)=C(c1ccc(SC)cc1)c1ccc(SC)cc1.[CH]1[CH][CH][CH][CH]1.[Fe+2]. The van der Waals surface area contributed by atoms with E-state index in [1.807, 2.05) is 32.1 Å². The summed E-state index contributed by atoms with van der Waals surface area (Å²) < 4.78 is 0. The Morgan fingerprint density at radius 2 is 1.00 bits per heavy atom. The Morgan fingerprint density at radius 3 is 1.32 bits per heavy atom. The fraction of sp³-hybridized carbons (Fsp3) is 0.143. The van der Waals surface area contributed by atoms with Gasteiger partial charge in [-0.2, -0.15) is 0 Å². The molecule has 2 saturated carbocycles. The van der Waals surface area contributed by atoms with Crippen molar-refractivity contribution in [1.29, 1.82) is 0 Å². The van der Waals surface area contributed by atoms with Gasteiger partial charge in [0.15, 0.2) is 0 Å². The Labute approximate surface area is 209 Å². The Kier molecular flexibility index (Phi) is 12.5. The number of hydrogen-bond donors (Lipinski definition) is 0. The van der Waals surface area contributed by atoms with Gasteiger partial charge in [-0.15, -0.1) is 23.5 Å². The summed E-state index contributed by atoms with van der Waals surface area (Å²) in [6.45, 7) is 2.24. The molecule has 0 atom stereocenters. The maximum atomic E-state index is 2.25. The van der Waals surface area contributed by atoms with Gasteiger partial charge in [0.2, 0.25) is 0 Å². The van der Waals surface area contributed by atoms with E-state index in [4.69, 9.17) is 0 Å². The first-order valence-corrected chi connectivity index (χ1v) is 12.6. The van der Waals surface area contributed by atoms with E-state index in [0.717, 1.165) is 6.42 Å². The molecule has 0 nitrogen and oxygen atoms in total. The quantitative estimate of drug-likeness (QED) is 0.304. The summed E-state index contributed by atoms with van der Waals surface area (Å²) in [6.07, 6.45) is 23.9. The predicted octanol–water partition coefficient (Wildman–Crippen LogP) is 7.77. The molecule has 2 aromatic carbocycles. The zero-order chi connectivity index (χ0) is 21.2. The van der Waals surface area contributed by atoms with E-state index in [0.29, 0.717) is 0 Å². The second-order valence-electron chi connectivity index (χ2n) is 6.80. The Hall–Kier alpha value is -0.601. The Bertz CT molecular complexity index is 726. The third-order valence-corrected chi connectivity index (χ3v) is 6.47. The number of benzene rings is 2. The third kappa shape index (κ3) is 7.74. The molecule has 0 heterocycles. The molecule has 0 spiro atoms. The molecule has 31 heavy (non-hydrogen) atoms. The van der Waals surface area contributed by atoms with Crippen LogP contribution in [0.4, 0.5) is 0 Å². The molecule has 10 radical (unpaired) electrons. The van der Waals surface area contributed by atoms with Crippen molar-refractivity contribution in [2.45, 2.75) is 23.1 Å². The molecule has 3 heteroatoms. The van der Waals surface area contributed by atoms with Crippen molar-refractivity contribution in [3.63, 3.8) is 0 Å². The van der Waals surface area contributed by atoms with E-state index in [2.05, 4.69) is 93.6 Å². The standard InChI is InChI=1S/C23H23S2.C5H5.Fe/c1-4-22(17-7-5-6-8-17)23(18-9-13-20(24-2)14-10-18)19-11-15-21(25-3)16-12-19;1-2-4-5-3-1;/h5-16H,4H2,1-3H3;1-5H;/q;;+2. The van der Waals surface area contributed by atoms with Crippen LogP contribution in [-0.4, -0.2) is 12.5 Å². The van der Waals surface area contributed by atoms with Crippen molar-refractivity contribution >= 4 is 29.1 Å². The van der Waals surface area contributed by atoms with Crippen LogP contribution in [0.15, 0.2) is 63.9 Å². The first-order chi connectivity index (χ1) is 14.8. The second-order valence-corrected chi connectivity index (χ2v) is 8.56. The van der Waals surface area contributed by atoms with Crippen LogP contribution in [0.5, 0.6) is 0 Å². The van der Waals surface area contributed by atoms with Gasteiger partial charge in [0.25, 0.3) is 0 Å². The van der Waals surface area contributed by atoms with E-state index in [1.54, 1.807) is 23.5 Å². The van der Waals surface area contributed by atoms with E-state index in [-0.39, 0.29) is 17.1 Å². The Balaban J connectivity index is 0.000000501. The molecule has 2 aliphatic rings. The van der Waals surface area contributed by atoms with E-state index in [1.165, 1.54) is 38.0 Å². The predicted molar refractivity (Wildman–Crippen MR) is 135 cm³/mol. The summed E-state index contributed by atoms with van der Waals surface area (Å²) in [6, 6.07) is 17.9. The van der Waals surface area contributed by atoms with Crippen molar-refractivity contribution in [2.24, 2.45) is 0 Å². The normalized spacial score (nSPS) is 15.7. The molecule has 0 amide bonds. The van der Waals surface area contributed by atoms with Gasteiger partial charge in [0, 0.05) is 15.7 Å². The molecule has 0 aliphatic heterocycles. The van der Waals surface area contributed by atoms with Crippen LogP contribution in [0.25, 0.3) is 5.57 Å². The largest absolute Gasteiger partial charge is 2.00 e. The zero-order valence-electron chi connectivity index (χ0n) is 18.2. The first kappa shape index (κ1) is 26.7. The summed E-state index contributed by atoms with van der Waals surface area (Å²) in [5.41, 5.74) is 5.31. The van der Waals surface area contributed by atoms with Gasteiger partial charge in [0.1, 0.15) is 0 Å². The molecule has 158 valence electrons. The fourth-order valence-electron chi connectivity index (χ4n) is 3.45. The Morgan fingerprint density at radius 1 is 0.613 bits per heavy atom. The van der Waals surface area contributed by atoms with E-state index < -0.39 is 0 Å². The molecule has 2 fully saturated rings. The van der Waals surface area contributed by atoms with Crippen LogP contribution in [0, 0.1) is 63.7 Å². The fourth-order valence-corrected chi connectivity index (χ4v) is 4.27. The van der Waals surface area contributed by atoms with Crippen molar-refractivity contribution in [2.75, 3.05) is 12.5 Å². The minimum Gasteiger partial charge on any atom is -0.130 e. The number of thioether (sulfide) groups is 2. The van der Waals surface area contributed by atoms with Gasteiger partial charge in [0.05, 0.1) is 0 Å². The molecule has 0 saturated heterocycles. The minimum absolute atomic E-state index is 0. The molecule has 2 aromatic rings. The second kappa shape index (κ2) is 14.5. The van der Waals surface area contributed by atoms with Crippen molar-refractivity contribution in [3.05, 3.63) is 129 Å². The van der Waals surface area contributed by atoms with Crippen molar-refractivity contribution in [3.8, 4) is 0 Å². The first-order valence-electron chi connectivity index (χ1n) is 10.2. The summed E-state index contributed by atoms with van der Waals surface area (Å²) in [7, 11) is 0. The smallest absolute Gasteiger partial charge is 0.130 e. The summed E-state index contributed by atoms with van der Waals surface area (Å²) >= 11 is 3.57. The van der Waals surface area contributed by atoms with Crippen LogP contribution in [0.1, 0.15) is 24.5 Å². The van der Waals surface area contributed by atoms with Gasteiger partial charge in [-0.1, -0.05) is 36.8 Å². The van der Waals surface area contributed by atoms with Gasteiger partial charge in [-0.3, -0.25) is 0 Å². The van der Waals surface area contributed by atoms with Crippen LogP contribution in [-0.2, 0) is 17.1 Å². The molecule has 0 bridgehead atoms. The van der Waals surface area contributed by atoms with Gasteiger partial charge < -0.3 is 0 Å². The zero-order valence-corrected chi connectivity index (χ0v) is 20.9. The third-order valence-electron chi connectivity index (χ3n) is 4.98. The number of hydrogen-bond acceptors (Lipinski definition) is 2. The average Bonchev–Trinajstić information content (AvgIpc) is 3.55. The van der Waals surface area contributed by atoms with E-state index in [9.17, 15) is 0 Å². The maximum absolute atomic E-state index is 2.25. The minimum atomic E-state index is 0. The van der Waals surface area contributed by atoms with Gasteiger partial charge >= 0.3 is 17.1 Å².